The van der Waals surface area contributed by atoms with E-state index in [-0.39, 0.29) is 17.7 Å². The molecule has 0 aliphatic heterocycles. The number of carbonyl (C=O) groups excluding carboxylic acids is 1. The highest BCUT2D eigenvalue weighted by Gasteiger charge is 2.23. The van der Waals surface area contributed by atoms with Gasteiger partial charge < -0.3 is 19.8 Å². The molecular weight excluding hydrogens is 422 g/mol. The van der Waals surface area contributed by atoms with E-state index in [0.717, 1.165) is 39.7 Å². The first-order valence-electron chi connectivity index (χ1n) is 10.4. The molecule has 0 fully saturated rings. The van der Waals surface area contributed by atoms with E-state index in [1.54, 1.807) is 36.8 Å². The molecule has 4 rings (SSSR count). The third-order valence-electron chi connectivity index (χ3n) is 5.08. The molecule has 0 bridgehead atoms. The fraction of sp³-hybridized carbons (Fsp3) is 0.200. The van der Waals surface area contributed by atoms with Gasteiger partial charge in [-0.25, -0.2) is 4.98 Å². The van der Waals surface area contributed by atoms with Gasteiger partial charge in [0.1, 0.15) is 16.6 Å². The monoisotopic (exact) mass is 447 g/mol. The van der Waals surface area contributed by atoms with Gasteiger partial charge >= 0.3 is 0 Å². The summed E-state index contributed by atoms with van der Waals surface area (Å²) >= 11 is 1.57. The molecule has 4 aromatic rings. The summed E-state index contributed by atoms with van der Waals surface area (Å²) < 4.78 is 10.7. The number of amides is 1. The van der Waals surface area contributed by atoms with Crippen LogP contribution in [-0.2, 0) is 6.42 Å². The van der Waals surface area contributed by atoms with Crippen LogP contribution in [0.3, 0.4) is 0 Å². The molecule has 3 heterocycles. The number of methoxy groups -OCH3 is 1. The molecule has 7 heteroatoms. The van der Waals surface area contributed by atoms with Crippen LogP contribution in [0.25, 0.3) is 0 Å². The second kappa shape index (κ2) is 9.70. The molecule has 1 aromatic carbocycles. The predicted octanol–water partition coefficient (Wildman–Crippen LogP) is 6.07. The molecule has 1 amide bonds. The minimum atomic E-state index is -0.279. The predicted molar refractivity (Wildman–Crippen MR) is 128 cm³/mol. The lowest BCUT2D eigenvalue weighted by Crippen LogP contribution is -2.17. The number of ether oxygens (including phenoxy) is 1. The van der Waals surface area contributed by atoms with Gasteiger partial charge in [0.2, 0.25) is 0 Å². The van der Waals surface area contributed by atoms with Gasteiger partial charge in [0, 0.05) is 16.6 Å². The van der Waals surface area contributed by atoms with Gasteiger partial charge in [-0.1, -0.05) is 19.1 Å². The van der Waals surface area contributed by atoms with Crippen molar-refractivity contribution in [3.63, 3.8) is 0 Å². The van der Waals surface area contributed by atoms with E-state index in [1.165, 1.54) is 11.1 Å². The number of nitrogens with zero attached hydrogens (tertiary/aromatic N) is 1. The van der Waals surface area contributed by atoms with Crippen LogP contribution in [0.1, 0.15) is 45.1 Å². The molecule has 6 nitrogen and oxygen atoms in total. The summed E-state index contributed by atoms with van der Waals surface area (Å²) in [5, 5.41) is 7.37. The molecule has 0 radical (unpaired) electrons. The van der Waals surface area contributed by atoms with E-state index in [9.17, 15) is 4.79 Å². The van der Waals surface area contributed by atoms with Crippen molar-refractivity contribution in [1.29, 1.82) is 0 Å². The number of aryl methyl sites for hydroxylation is 2. The number of aromatic nitrogens is 1. The number of carbonyl (C=O) groups is 1. The van der Waals surface area contributed by atoms with Crippen molar-refractivity contribution >= 4 is 28.1 Å². The second-order valence-electron chi connectivity index (χ2n) is 7.35. The van der Waals surface area contributed by atoms with Gasteiger partial charge in [0.25, 0.3) is 5.91 Å². The van der Waals surface area contributed by atoms with Gasteiger partial charge in [-0.3, -0.25) is 4.79 Å². The number of benzene rings is 1. The lowest BCUT2D eigenvalue weighted by molar-refractivity contribution is 0.0997. The first-order chi connectivity index (χ1) is 15.6. The molecular formula is C25H25N3O3S. The molecule has 0 aliphatic carbocycles. The van der Waals surface area contributed by atoms with Crippen molar-refractivity contribution in [2.75, 3.05) is 17.7 Å². The molecule has 0 saturated carbocycles. The van der Waals surface area contributed by atoms with Crippen LogP contribution >= 0.6 is 11.3 Å². The molecule has 164 valence electrons. The normalized spacial score (nSPS) is 11.7. The van der Waals surface area contributed by atoms with Gasteiger partial charge in [-0.05, 0) is 66.9 Å². The number of nitrogens with one attached hydrogen (secondary N) is 2. The first-order valence-corrected chi connectivity index (χ1v) is 11.2. The Kier molecular flexibility index (Phi) is 6.56. The summed E-state index contributed by atoms with van der Waals surface area (Å²) in [5.41, 5.74) is 3.07. The summed E-state index contributed by atoms with van der Waals surface area (Å²) in [5.74, 6) is 1.51. The Morgan fingerprint density at radius 2 is 2.06 bits per heavy atom. The summed E-state index contributed by atoms with van der Waals surface area (Å²) in [6.45, 7) is 4.13. The lowest BCUT2D eigenvalue weighted by atomic mass is 9.99. The van der Waals surface area contributed by atoms with E-state index in [0.29, 0.717) is 0 Å². The molecule has 0 spiro atoms. The molecule has 32 heavy (non-hydrogen) atoms. The van der Waals surface area contributed by atoms with Crippen molar-refractivity contribution in [2.24, 2.45) is 0 Å². The zero-order chi connectivity index (χ0) is 22.5. The Labute approximate surface area is 191 Å². The third kappa shape index (κ3) is 4.84. The number of rotatable bonds is 8. The van der Waals surface area contributed by atoms with Crippen molar-refractivity contribution < 1.29 is 13.9 Å². The number of hydrogen-bond donors (Lipinski definition) is 2. The molecule has 0 aliphatic rings. The summed E-state index contributed by atoms with van der Waals surface area (Å²) in [4.78, 5) is 18.4. The number of furan rings is 1. The van der Waals surface area contributed by atoms with E-state index in [4.69, 9.17) is 9.15 Å². The number of hydrogen-bond acceptors (Lipinski definition) is 6. The van der Waals surface area contributed by atoms with Crippen LogP contribution in [0.5, 0.6) is 5.75 Å². The van der Waals surface area contributed by atoms with Crippen molar-refractivity contribution in [2.45, 2.75) is 26.3 Å². The SMILES string of the molecule is CCc1cc([C@@H](Nc2cc(C)ccn2)c2cccc(OC)c2)c(NC(=O)c2ccco2)s1. The zero-order valence-electron chi connectivity index (χ0n) is 18.2. The number of pyridine rings is 1. The molecule has 0 unspecified atom stereocenters. The fourth-order valence-corrected chi connectivity index (χ4v) is 4.47. The highest BCUT2D eigenvalue weighted by atomic mass is 32.1. The van der Waals surface area contributed by atoms with Crippen LogP contribution < -0.4 is 15.4 Å². The van der Waals surface area contributed by atoms with E-state index in [1.807, 2.05) is 43.3 Å². The maximum atomic E-state index is 12.7. The Morgan fingerprint density at radius 3 is 2.78 bits per heavy atom. The Bertz CT molecular complexity index is 1200. The van der Waals surface area contributed by atoms with Crippen LogP contribution in [0, 0.1) is 6.92 Å². The topological polar surface area (TPSA) is 76.4 Å². The minimum Gasteiger partial charge on any atom is -0.497 e. The highest BCUT2D eigenvalue weighted by molar-refractivity contribution is 7.16. The summed E-state index contributed by atoms with van der Waals surface area (Å²) in [7, 11) is 1.65. The standard InChI is InChI=1S/C25H25N3O3S/c1-4-19-15-20(25(32-19)28-24(29)21-9-6-12-31-21)23(17-7-5-8-18(14-17)30-3)27-22-13-16(2)10-11-26-22/h5-15,23H,4H2,1-3H3,(H,26,27)(H,28,29)/t23-/m0/s1. The van der Waals surface area contributed by atoms with Crippen molar-refractivity contribution in [3.8, 4) is 5.75 Å². The van der Waals surface area contributed by atoms with Gasteiger partial charge in [0.05, 0.1) is 19.4 Å². The molecule has 1 atom stereocenters. The third-order valence-corrected chi connectivity index (χ3v) is 6.29. The quantitative estimate of drug-likeness (QED) is 0.343. The zero-order valence-corrected chi connectivity index (χ0v) is 19.0. The Balaban J connectivity index is 1.77. The maximum Gasteiger partial charge on any atom is 0.291 e. The summed E-state index contributed by atoms with van der Waals surface area (Å²) in [6, 6.07) is 17.1. The smallest absolute Gasteiger partial charge is 0.291 e. The molecule has 3 aromatic heterocycles. The molecule has 0 saturated heterocycles. The van der Waals surface area contributed by atoms with Crippen molar-refractivity contribution in [1.82, 2.24) is 4.98 Å². The van der Waals surface area contributed by atoms with E-state index in [2.05, 4.69) is 28.6 Å². The average molecular weight is 448 g/mol. The van der Waals surface area contributed by atoms with Crippen LogP contribution in [0.2, 0.25) is 0 Å². The second-order valence-corrected chi connectivity index (χ2v) is 8.49. The fourth-order valence-electron chi connectivity index (χ4n) is 3.44. The Morgan fingerprint density at radius 1 is 1.19 bits per heavy atom. The van der Waals surface area contributed by atoms with Crippen LogP contribution in [0.15, 0.2) is 71.5 Å². The number of anilines is 2. The van der Waals surface area contributed by atoms with Gasteiger partial charge in [-0.2, -0.15) is 0 Å². The minimum absolute atomic E-state index is 0.247. The van der Waals surface area contributed by atoms with Gasteiger partial charge in [-0.15, -0.1) is 11.3 Å². The van der Waals surface area contributed by atoms with Gasteiger partial charge in [0.15, 0.2) is 5.76 Å². The van der Waals surface area contributed by atoms with E-state index < -0.39 is 0 Å². The maximum absolute atomic E-state index is 12.7. The lowest BCUT2D eigenvalue weighted by Gasteiger charge is -2.21. The Hall–Kier alpha value is -3.58. The van der Waals surface area contributed by atoms with Crippen LogP contribution in [0.4, 0.5) is 10.8 Å². The highest BCUT2D eigenvalue weighted by Crippen LogP contribution is 2.39. The molecule has 2 N–H and O–H groups in total. The average Bonchev–Trinajstić information content (AvgIpc) is 3.48. The largest absolute Gasteiger partial charge is 0.497 e. The first kappa shape index (κ1) is 21.6. The van der Waals surface area contributed by atoms with E-state index >= 15 is 0 Å². The van der Waals surface area contributed by atoms with Crippen molar-refractivity contribution in [3.05, 3.63) is 94.4 Å². The summed E-state index contributed by atoms with van der Waals surface area (Å²) in [6.07, 6.45) is 4.14. The number of thiophene rings is 1. The van der Waals surface area contributed by atoms with Crippen LogP contribution in [-0.4, -0.2) is 18.0 Å².